The molecule has 0 aliphatic rings. The summed E-state index contributed by atoms with van der Waals surface area (Å²) in [5.41, 5.74) is -1.34. The topological polar surface area (TPSA) is 25.2 Å². The third-order valence-electron chi connectivity index (χ3n) is 2.34. The standard InChI is InChI=1S/C9H13F2NO/c1-3-9(12-2,8(10)11)7-5-4-6-13-7/h4-6,8,12H,3H2,1-2H3. The van der Waals surface area contributed by atoms with Gasteiger partial charge >= 0.3 is 0 Å². The van der Waals surface area contributed by atoms with E-state index in [9.17, 15) is 8.78 Å². The molecule has 0 radical (unpaired) electrons. The van der Waals surface area contributed by atoms with Gasteiger partial charge in [-0.1, -0.05) is 6.92 Å². The van der Waals surface area contributed by atoms with E-state index in [0.29, 0.717) is 0 Å². The van der Waals surface area contributed by atoms with Crippen molar-refractivity contribution in [1.82, 2.24) is 5.32 Å². The summed E-state index contributed by atoms with van der Waals surface area (Å²) in [5.74, 6) is 0.285. The fourth-order valence-corrected chi connectivity index (χ4v) is 1.38. The van der Waals surface area contributed by atoms with Crippen LogP contribution < -0.4 is 5.32 Å². The Morgan fingerprint density at radius 1 is 1.62 bits per heavy atom. The molecule has 13 heavy (non-hydrogen) atoms. The van der Waals surface area contributed by atoms with Crippen LogP contribution in [-0.4, -0.2) is 13.5 Å². The van der Waals surface area contributed by atoms with Gasteiger partial charge in [0.05, 0.1) is 6.26 Å². The lowest BCUT2D eigenvalue weighted by molar-refractivity contribution is 0.0161. The number of hydrogen-bond acceptors (Lipinski definition) is 2. The largest absolute Gasteiger partial charge is 0.467 e. The maximum Gasteiger partial charge on any atom is 0.263 e. The van der Waals surface area contributed by atoms with Crippen molar-refractivity contribution in [1.29, 1.82) is 0 Å². The molecule has 1 rings (SSSR count). The smallest absolute Gasteiger partial charge is 0.263 e. The second-order valence-corrected chi connectivity index (χ2v) is 2.85. The number of nitrogens with one attached hydrogen (secondary N) is 1. The van der Waals surface area contributed by atoms with Gasteiger partial charge in [-0.25, -0.2) is 8.78 Å². The molecule has 0 amide bonds. The van der Waals surface area contributed by atoms with E-state index in [0.717, 1.165) is 0 Å². The van der Waals surface area contributed by atoms with Gasteiger partial charge in [0.1, 0.15) is 11.3 Å². The minimum absolute atomic E-state index is 0.285. The van der Waals surface area contributed by atoms with E-state index < -0.39 is 12.0 Å². The summed E-state index contributed by atoms with van der Waals surface area (Å²) in [5, 5.41) is 2.62. The molecule has 1 unspecified atom stereocenters. The third kappa shape index (κ3) is 1.58. The van der Waals surface area contributed by atoms with Gasteiger partial charge in [0.2, 0.25) is 0 Å². The van der Waals surface area contributed by atoms with Crippen molar-refractivity contribution in [2.75, 3.05) is 7.05 Å². The molecule has 1 N–H and O–H groups in total. The molecule has 0 saturated heterocycles. The first-order chi connectivity index (χ1) is 6.17. The summed E-state index contributed by atoms with van der Waals surface area (Å²) in [6, 6.07) is 3.17. The number of rotatable bonds is 4. The molecular weight excluding hydrogens is 176 g/mol. The first-order valence-electron chi connectivity index (χ1n) is 4.18. The van der Waals surface area contributed by atoms with Gasteiger partial charge in [-0.2, -0.15) is 0 Å². The van der Waals surface area contributed by atoms with Crippen LogP contribution in [0.2, 0.25) is 0 Å². The lowest BCUT2D eigenvalue weighted by Crippen LogP contribution is -2.45. The summed E-state index contributed by atoms with van der Waals surface area (Å²) < 4.78 is 30.6. The van der Waals surface area contributed by atoms with Crippen molar-refractivity contribution in [2.45, 2.75) is 25.3 Å². The molecule has 0 aliphatic heterocycles. The Bertz CT molecular complexity index is 242. The summed E-state index contributed by atoms with van der Waals surface area (Å²) in [6.45, 7) is 1.70. The lowest BCUT2D eigenvalue weighted by Gasteiger charge is -2.29. The Kier molecular flexibility index (Phi) is 3.03. The Hall–Kier alpha value is -0.900. The molecule has 1 aromatic rings. The second kappa shape index (κ2) is 3.87. The van der Waals surface area contributed by atoms with E-state index in [-0.39, 0.29) is 12.2 Å². The van der Waals surface area contributed by atoms with Crippen LogP contribution in [0.5, 0.6) is 0 Å². The van der Waals surface area contributed by atoms with Crippen molar-refractivity contribution >= 4 is 0 Å². The van der Waals surface area contributed by atoms with Crippen LogP contribution in [0.3, 0.4) is 0 Å². The monoisotopic (exact) mass is 189 g/mol. The molecule has 0 spiro atoms. The highest BCUT2D eigenvalue weighted by Gasteiger charge is 2.41. The SMILES string of the molecule is CCC(NC)(c1ccco1)C(F)F. The van der Waals surface area contributed by atoms with Crippen LogP contribution in [-0.2, 0) is 5.54 Å². The van der Waals surface area contributed by atoms with Gasteiger partial charge < -0.3 is 9.73 Å². The lowest BCUT2D eigenvalue weighted by atomic mass is 9.94. The molecule has 0 bridgehead atoms. The van der Waals surface area contributed by atoms with Gasteiger partial charge in [0, 0.05) is 0 Å². The highest BCUT2D eigenvalue weighted by molar-refractivity contribution is 5.13. The summed E-state index contributed by atoms with van der Waals surface area (Å²) in [4.78, 5) is 0. The van der Waals surface area contributed by atoms with E-state index >= 15 is 0 Å². The number of hydrogen-bond donors (Lipinski definition) is 1. The average Bonchev–Trinajstić information content (AvgIpc) is 2.60. The van der Waals surface area contributed by atoms with Crippen molar-refractivity contribution in [3.05, 3.63) is 24.2 Å². The average molecular weight is 189 g/mol. The summed E-state index contributed by atoms with van der Waals surface area (Å²) >= 11 is 0. The normalized spacial score (nSPS) is 16.1. The molecule has 74 valence electrons. The van der Waals surface area contributed by atoms with Gasteiger partial charge in [0.15, 0.2) is 0 Å². The Balaban J connectivity index is 3.03. The number of alkyl halides is 2. The van der Waals surface area contributed by atoms with Crippen LogP contribution >= 0.6 is 0 Å². The van der Waals surface area contributed by atoms with Gasteiger partial charge in [-0.15, -0.1) is 0 Å². The van der Waals surface area contributed by atoms with E-state index in [1.807, 2.05) is 0 Å². The zero-order chi connectivity index (χ0) is 9.90. The van der Waals surface area contributed by atoms with E-state index in [4.69, 9.17) is 4.42 Å². The van der Waals surface area contributed by atoms with E-state index in [1.165, 1.54) is 13.3 Å². The quantitative estimate of drug-likeness (QED) is 0.786. The van der Waals surface area contributed by atoms with Crippen molar-refractivity contribution in [3.8, 4) is 0 Å². The fourth-order valence-electron chi connectivity index (χ4n) is 1.38. The zero-order valence-electron chi connectivity index (χ0n) is 7.68. The molecule has 2 nitrogen and oxygen atoms in total. The maximum atomic E-state index is 12.8. The van der Waals surface area contributed by atoms with Gasteiger partial charge in [-0.3, -0.25) is 0 Å². The highest BCUT2D eigenvalue weighted by Crippen LogP contribution is 2.31. The Morgan fingerprint density at radius 3 is 2.62 bits per heavy atom. The minimum Gasteiger partial charge on any atom is -0.467 e. The third-order valence-corrected chi connectivity index (χ3v) is 2.34. The molecular formula is C9H13F2NO. The molecule has 0 saturated carbocycles. The fraction of sp³-hybridized carbons (Fsp3) is 0.556. The minimum atomic E-state index is -2.48. The van der Waals surface area contributed by atoms with E-state index in [1.54, 1.807) is 19.1 Å². The van der Waals surface area contributed by atoms with E-state index in [2.05, 4.69) is 5.32 Å². The second-order valence-electron chi connectivity index (χ2n) is 2.85. The zero-order valence-corrected chi connectivity index (χ0v) is 7.68. The molecule has 4 heteroatoms. The first-order valence-corrected chi connectivity index (χ1v) is 4.18. The molecule has 0 fully saturated rings. The summed E-state index contributed by atoms with van der Waals surface area (Å²) in [6.07, 6.45) is -0.789. The van der Waals surface area contributed by atoms with Crippen LogP contribution in [0.4, 0.5) is 8.78 Å². The number of furan rings is 1. The van der Waals surface area contributed by atoms with Crippen LogP contribution in [0.1, 0.15) is 19.1 Å². The molecule has 0 aliphatic carbocycles. The first kappa shape index (κ1) is 10.2. The number of halogens is 2. The van der Waals surface area contributed by atoms with Crippen LogP contribution in [0.15, 0.2) is 22.8 Å². The molecule has 1 aromatic heterocycles. The predicted molar refractivity (Wildman–Crippen MR) is 45.7 cm³/mol. The van der Waals surface area contributed by atoms with Crippen molar-refractivity contribution in [3.63, 3.8) is 0 Å². The van der Waals surface area contributed by atoms with Crippen molar-refractivity contribution in [2.24, 2.45) is 0 Å². The van der Waals surface area contributed by atoms with Crippen LogP contribution in [0.25, 0.3) is 0 Å². The predicted octanol–water partition coefficient (Wildman–Crippen LogP) is 2.37. The Morgan fingerprint density at radius 2 is 2.31 bits per heavy atom. The molecule has 1 atom stereocenters. The van der Waals surface area contributed by atoms with Gasteiger partial charge in [-0.05, 0) is 25.6 Å². The molecule has 1 heterocycles. The molecule has 0 aromatic carbocycles. The van der Waals surface area contributed by atoms with Gasteiger partial charge in [0.25, 0.3) is 6.43 Å². The summed E-state index contributed by atoms with van der Waals surface area (Å²) in [7, 11) is 1.51. The Labute approximate surface area is 75.9 Å². The van der Waals surface area contributed by atoms with Crippen molar-refractivity contribution < 1.29 is 13.2 Å². The maximum absolute atomic E-state index is 12.8. The van der Waals surface area contributed by atoms with Crippen LogP contribution in [0, 0.1) is 0 Å². The highest BCUT2D eigenvalue weighted by atomic mass is 19.3.